The average molecular weight is 337 g/mol. The molecule has 0 saturated carbocycles. The summed E-state index contributed by atoms with van der Waals surface area (Å²) in [6.07, 6.45) is 3.90. The quantitative estimate of drug-likeness (QED) is 0.606. The SMILES string of the molecule is CCCCc1c(O)n(Cc2ccco2)c2nc3ccccc3n2c1=O. The van der Waals surface area contributed by atoms with Gasteiger partial charge in [-0.3, -0.25) is 9.36 Å². The number of para-hydroxylation sites is 2. The van der Waals surface area contributed by atoms with Gasteiger partial charge in [0.25, 0.3) is 5.56 Å². The van der Waals surface area contributed by atoms with E-state index in [-0.39, 0.29) is 11.4 Å². The molecule has 128 valence electrons. The van der Waals surface area contributed by atoms with Crippen LogP contribution in [0.5, 0.6) is 5.88 Å². The Labute approximate surface area is 144 Å². The van der Waals surface area contributed by atoms with Gasteiger partial charge in [0.1, 0.15) is 5.76 Å². The van der Waals surface area contributed by atoms with Crippen LogP contribution in [0.25, 0.3) is 16.8 Å². The maximum absolute atomic E-state index is 13.0. The molecule has 0 bridgehead atoms. The zero-order chi connectivity index (χ0) is 17.4. The largest absolute Gasteiger partial charge is 0.494 e. The van der Waals surface area contributed by atoms with Crippen molar-refractivity contribution in [3.05, 3.63) is 64.3 Å². The highest BCUT2D eigenvalue weighted by Gasteiger charge is 2.20. The predicted molar refractivity (Wildman–Crippen MR) is 95.0 cm³/mol. The lowest BCUT2D eigenvalue weighted by atomic mass is 10.1. The normalized spacial score (nSPS) is 11.6. The molecule has 0 unspecified atom stereocenters. The second kappa shape index (κ2) is 6.12. The van der Waals surface area contributed by atoms with Crippen molar-refractivity contribution in [1.29, 1.82) is 0 Å². The first-order valence-corrected chi connectivity index (χ1v) is 8.45. The number of aromatic hydroxyl groups is 1. The maximum atomic E-state index is 13.0. The Hall–Kier alpha value is -3.02. The Morgan fingerprint density at radius 3 is 2.80 bits per heavy atom. The van der Waals surface area contributed by atoms with E-state index >= 15 is 0 Å². The number of hydrogen-bond acceptors (Lipinski definition) is 4. The summed E-state index contributed by atoms with van der Waals surface area (Å²) in [4.78, 5) is 17.6. The number of unbranched alkanes of at least 4 members (excludes halogenated alkanes) is 1. The van der Waals surface area contributed by atoms with Gasteiger partial charge in [0.15, 0.2) is 0 Å². The molecule has 0 spiro atoms. The topological polar surface area (TPSA) is 72.7 Å². The van der Waals surface area contributed by atoms with Crippen molar-refractivity contribution in [1.82, 2.24) is 14.0 Å². The number of aromatic nitrogens is 3. The van der Waals surface area contributed by atoms with E-state index in [0.29, 0.717) is 30.1 Å². The fraction of sp³-hybridized carbons (Fsp3) is 0.263. The summed E-state index contributed by atoms with van der Waals surface area (Å²) in [5, 5.41) is 10.8. The highest BCUT2D eigenvalue weighted by Crippen LogP contribution is 2.23. The molecule has 0 radical (unpaired) electrons. The van der Waals surface area contributed by atoms with E-state index in [1.54, 1.807) is 21.3 Å². The monoisotopic (exact) mass is 337 g/mol. The highest BCUT2D eigenvalue weighted by atomic mass is 16.3. The van der Waals surface area contributed by atoms with E-state index in [4.69, 9.17) is 4.42 Å². The fourth-order valence-electron chi connectivity index (χ4n) is 3.16. The average Bonchev–Trinajstić information content (AvgIpc) is 3.26. The van der Waals surface area contributed by atoms with E-state index in [9.17, 15) is 9.90 Å². The molecule has 0 aliphatic carbocycles. The van der Waals surface area contributed by atoms with Crippen molar-refractivity contribution in [3.8, 4) is 5.88 Å². The summed E-state index contributed by atoms with van der Waals surface area (Å²) >= 11 is 0. The number of benzene rings is 1. The Morgan fingerprint density at radius 2 is 2.04 bits per heavy atom. The third-order valence-corrected chi connectivity index (χ3v) is 4.45. The number of rotatable bonds is 5. The molecule has 4 aromatic rings. The van der Waals surface area contributed by atoms with E-state index in [1.165, 1.54) is 0 Å². The van der Waals surface area contributed by atoms with Gasteiger partial charge in [-0.05, 0) is 37.1 Å². The molecule has 1 aromatic carbocycles. The summed E-state index contributed by atoms with van der Waals surface area (Å²) in [6, 6.07) is 11.1. The molecule has 3 heterocycles. The smallest absolute Gasteiger partial charge is 0.266 e. The van der Waals surface area contributed by atoms with Crippen LogP contribution >= 0.6 is 0 Å². The molecule has 6 heteroatoms. The molecule has 4 rings (SSSR count). The summed E-state index contributed by atoms with van der Waals surface area (Å²) in [5.41, 5.74) is 1.68. The minimum Gasteiger partial charge on any atom is -0.494 e. The Kier molecular flexibility index (Phi) is 3.80. The highest BCUT2D eigenvalue weighted by molar-refractivity contribution is 5.79. The van der Waals surface area contributed by atoms with Crippen LogP contribution < -0.4 is 5.56 Å². The number of hydrogen-bond donors (Lipinski definition) is 1. The van der Waals surface area contributed by atoms with Crippen molar-refractivity contribution >= 4 is 16.8 Å². The van der Waals surface area contributed by atoms with Crippen LogP contribution in [-0.4, -0.2) is 19.1 Å². The summed E-state index contributed by atoms with van der Waals surface area (Å²) in [5.74, 6) is 1.08. The third kappa shape index (κ3) is 2.50. The summed E-state index contributed by atoms with van der Waals surface area (Å²) in [6.45, 7) is 2.37. The molecule has 0 saturated heterocycles. The van der Waals surface area contributed by atoms with Crippen molar-refractivity contribution in [2.75, 3.05) is 0 Å². The van der Waals surface area contributed by atoms with Gasteiger partial charge in [0, 0.05) is 0 Å². The van der Waals surface area contributed by atoms with Crippen LogP contribution in [0.4, 0.5) is 0 Å². The lowest BCUT2D eigenvalue weighted by molar-refractivity contribution is 0.397. The first-order chi connectivity index (χ1) is 12.2. The summed E-state index contributed by atoms with van der Waals surface area (Å²) < 4.78 is 8.65. The van der Waals surface area contributed by atoms with E-state index in [2.05, 4.69) is 11.9 Å². The van der Waals surface area contributed by atoms with Crippen LogP contribution in [0, 0.1) is 0 Å². The Morgan fingerprint density at radius 1 is 1.20 bits per heavy atom. The van der Waals surface area contributed by atoms with Crippen LogP contribution in [-0.2, 0) is 13.0 Å². The van der Waals surface area contributed by atoms with E-state index in [0.717, 1.165) is 23.9 Å². The van der Waals surface area contributed by atoms with Gasteiger partial charge in [-0.15, -0.1) is 0 Å². The van der Waals surface area contributed by atoms with Gasteiger partial charge in [-0.25, -0.2) is 9.38 Å². The van der Waals surface area contributed by atoms with E-state index < -0.39 is 0 Å². The van der Waals surface area contributed by atoms with Gasteiger partial charge >= 0.3 is 0 Å². The molecule has 0 fully saturated rings. The molecular formula is C19H19N3O3. The second-order valence-corrected chi connectivity index (χ2v) is 6.11. The molecule has 0 atom stereocenters. The van der Waals surface area contributed by atoms with Gasteiger partial charge in [-0.2, -0.15) is 0 Å². The molecule has 0 aliphatic rings. The minimum absolute atomic E-state index is 0.0299. The van der Waals surface area contributed by atoms with Crippen molar-refractivity contribution < 1.29 is 9.52 Å². The standard InChI is InChI=1S/C19H19N3O3/c1-2-3-8-14-17(23)21(12-13-7-6-11-25-13)19-20-15-9-4-5-10-16(15)22(19)18(14)24/h4-7,9-11,23H,2-3,8,12H2,1H3. The Balaban J connectivity index is 2.05. The maximum Gasteiger partial charge on any atom is 0.266 e. The molecule has 25 heavy (non-hydrogen) atoms. The lowest BCUT2D eigenvalue weighted by Gasteiger charge is -2.13. The number of fused-ring (bicyclic) bond motifs is 3. The van der Waals surface area contributed by atoms with Crippen molar-refractivity contribution in [2.45, 2.75) is 32.7 Å². The van der Waals surface area contributed by atoms with Crippen LogP contribution in [0.2, 0.25) is 0 Å². The molecule has 3 aromatic heterocycles. The van der Waals surface area contributed by atoms with E-state index in [1.807, 2.05) is 30.3 Å². The van der Waals surface area contributed by atoms with Gasteiger partial charge in [0.05, 0.1) is 29.4 Å². The molecule has 6 nitrogen and oxygen atoms in total. The number of furan rings is 1. The summed E-state index contributed by atoms with van der Waals surface area (Å²) in [7, 11) is 0. The van der Waals surface area contributed by atoms with Gasteiger partial charge in [0.2, 0.25) is 11.7 Å². The zero-order valence-corrected chi connectivity index (χ0v) is 14.0. The molecular weight excluding hydrogens is 318 g/mol. The zero-order valence-electron chi connectivity index (χ0n) is 14.0. The van der Waals surface area contributed by atoms with Crippen LogP contribution in [0.15, 0.2) is 51.9 Å². The van der Waals surface area contributed by atoms with Crippen molar-refractivity contribution in [2.24, 2.45) is 0 Å². The lowest BCUT2D eigenvalue weighted by Crippen LogP contribution is -2.23. The Bertz CT molecular complexity index is 1090. The van der Waals surface area contributed by atoms with Gasteiger partial charge < -0.3 is 9.52 Å². The van der Waals surface area contributed by atoms with Crippen molar-refractivity contribution in [3.63, 3.8) is 0 Å². The molecule has 1 N–H and O–H groups in total. The molecule has 0 amide bonds. The minimum atomic E-state index is -0.203. The van der Waals surface area contributed by atoms with Crippen LogP contribution in [0.3, 0.4) is 0 Å². The first kappa shape index (κ1) is 15.5. The predicted octanol–water partition coefficient (Wildman–Crippen LogP) is 3.34. The second-order valence-electron chi connectivity index (χ2n) is 6.11. The van der Waals surface area contributed by atoms with Crippen LogP contribution in [0.1, 0.15) is 31.1 Å². The third-order valence-electron chi connectivity index (χ3n) is 4.45. The number of nitrogens with zero attached hydrogens (tertiary/aromatic N) is 3. The number of imidazole rings is 1. The molecule has 0 aliphatic heterocycles. The van der Waals surface area contributed by atoms with Gasteiger partial charge in [-0.1, -0.05) is 25.5 Å². The fourth-order valence-corrected chi connectivity index (χ4v) is 3.16. The first-order valence-electron chi connectivity index (χ1n) is 8.45.